The second kappa shape index (κ2) is 7.83. The molecule has 0 radical (unpaired) electrons. The van der Waals surface area contributed by atoms with Crippen molar-refractivity contribution >= 4 is 39.0 Å². The number of carbonyl (C=O) groups excluding carboxylic acids is 1. The van der Waals surface area contributed by atoms with E-state index in [2.05, 4.69) is 10.6 Å². The molecule has 0 bridgehead atoms. The molecule has 27 heavy (non-hydrogen) atoms. The highest BCUT2D eigenvalue weighted by atomic mass is 35.5. The third-order valence-electron chi connectivity index (χ3n) is 4.63. The van der Waals surface area contributed by atoms with E-state index in [4.69, 9.17) is 27.9 Å². The number of hydrogen-bond acceptors (Lipinski definition) is 6. The first-order valence-corrected chi connectivity index (χ1v) is 10.9. The van der Waals surface area contributed by atoms with Crippen molar-refractivity contribution in [1.82, 2.24) is 10.6 Å². The number of rotatable bonds is 3. The van der Waals surface area contributed by atoms with E-state index in [0.29, 0.717) is 39.1 Å². The molecule has 0 aromatic heterocycles. The maximum atomic E-state index is 13.1. The third kappa shape index (κ3) is 4.01. The Morgan fingerprint density at radius 1 is 1.33 bits per heavy atom. The average Bonchev–Trinajstić information content (AvgIpc) is 2.72. The standard InChI is InChI=1S/C18H20Cl2N2O4S/c1-3-26-18(23)12-7-16-14(22-10(12)2)8-21-15(9-27(16,24)25)11-5-4-6-13(19)17(11)20/h4-6,15,21-22H,3,7-9H2,1-2H3. The molecule has 2 aliphatic heterocycles. The molecule has 3 rings (SSSR count). The lowest BCUT2D eigenvalue weighted by Crippen LogP contribution is -2.30. The Kier molecular flexibility index (Phi) is 5.86. The van der Waals surface area contributed by atoms with Gasteiger partial charge in [-0.1, -0.05) is 35.3 Å². The van der Waals surface area contributed by atoms with Gasteiger partial charge < -0.3 is 15.4 Å². The van der Waals surface area contributed by atoms with Gasteiger partial charge in [-0.3, -0.25) is 0 Å². The number of sulfone groups is 1. The minimum atomic E-state index is -3.64. The van der Waals surface area contributed by atoms with E-state index in [1.807, 2.05) is 0 Å². The van der Waals surface area contributed by atoms with Crippen LogP contribution in [0.15, 0.2) is 40.1 Å². The zero-order valence-corrected chi connectivity index (χ0v) is 17.3. The summed E-state index contributed by atoms with van der Waals surface area (Å²) < 4.78 is 31.2. The first kappa shape index (κ1) is 20.2. The average molecular weight is 431 g/mol. The van der Waals surface area contributed by atoms with E-state index in [1.54, 1.807) is 32.0 Å². The van der Waals surface area contributed by atoms with Crippen LogP contribution in [0.4, 0.5) is 0 Å². The maximum absolute atomic E-state index is 13.1. The third-order valence-corrected chi connectivity index (χ3v) is 7.38. The lowest BCUT2D eigenvalue weighted by atomic mass is 10.0. The molecule has 0 saturated carbocycles. The fraction of sp³-hybridized carbons (Fsp3) is 0.389. The van der Waals surface area contributed by atoms with Crippen molar-refractivity contribution in [2.75, 3.05) is 18.9 Å². The highest BCUT2D eigenvalue weighted by Crippen LogP contribution is 2.35. The van der Waals surface area contributed by atoms with Crippen LogP contribution in [0.5, 0.6) is 0 Å². The van der Waals surface area contributed by atoms with Crippen molar-refractivity contribution < 1.29 is 17.9 Å². The quantitative estimate of drug-likeness (QED) is 0.716. The fourth-order valence-electron chi connectivity index (χ4n) is 3.25. The molecular formula is C18H20Cl2N2O4S. The number of hydrogen-bond donors (Lipinski definition) is 2. The molecule has 0 saturated heterocycles. The van der Waals surface area contributed by atoms with Crippen LogP contribution >= 0.6 is 23.2 Å². The minimum Gasteiger partial charge on any atom is -0.463 e. The number of ether oxygens (including phenoxy) is 1. The van der Waals surface area contributed by atoms with Crippen molar-refractivity contribution in [2.24, 2.45) is 0 Å². The molecule has 0 fully saturated rings. The van der Waals surface area contributed by atoms with Gasteiger partial charge in [0.05, 0.1) is 32.9 Å². The Bertz CT molecular complexity index is 954. The summed E-state index contributed by atoms with van der Waals surface area (Å²) in [6.07, 6.45) is 0.0208. The van der Waals surface area contributed by atoms with Crippen LogP contribution in [0.3, 0.4) is 0 Å². The Morgan fingerprint density at radius 2 is 2.07 bits per heavy atom. The number of nitrogens with one attached hydrogen (secondary N) is 2. The van der Waals surface area contributed by atoms with E-state index in [1.165, 1.54) is 0 Å². The van der Waals surface area contributed by atoms with Crippen LogP contribution < -0.4 is 10.6 Å². The Hall–Kier alpha value is -1.54. The first-order valence-electron chi connectivity index (χ1n) is 8.50. The van der Waals surface area contributed by atoms with E-state index < -0.39 is 21.8 Å². The molecule has 1 aromatic rings. The van der Waals surface area contributed by atoms with Gasteiger partial charge in [0.1, 0.15) is 0 Å². The van der Waals surface area contributed by atoms with Crippen LogP contribution in [-0.4, -0.2) is 33.3 Å². The molecule has 9 heteroatoms. The van der Waals surface area contributed by atoms with Crippen molar-refractivity contribution in [3.63, 3.8) is 0 Å². The molecule has 1 atom stereocenters. The van der Waals surface area contributed by atoms with Gasteiger partial charge in [-0.05, 0) is 25.5 Å². The van der Waals surface area contributed by atoms with E-state index in [0.717, 1.165) is 0 Å². The topological polar surface area (TPSA) is 84.5 Å². The molecule has 2 aliphatic rings. The van der Waals surface area contributed by atoms with Gasteiger partial charge in [-0.2, -0.15) is 0 Å². The van der Waals surface area contributed by atoms with E-state index >= 15 is 0 Å². The van der Waals surface area contributed by atoms with Crippen LogP contribution in [0.25, 0.3) is 0 Å². The number of benzene rings is 1. The summed E-state index contributed by atoms with van der Waals surface area (Å²) in [6.45, 7) is 3.97. The van der Waals surface area contributed by atoms with E-state index in [-0.39, 0.29) is 23.7 Å². The van der Waals surface area contributed by atoms with Gasteiger partial charge in [0.2, 0.25) is 0 Å². The van der Waals surface area contributed by atoms with Gasteiger partial charge in [0.25, 0.3) is 0 Å². The summed E-state index contributed by atoms with van der Waals surface area (Å²) in [5.41, 5.74) is 2.10. The molecule has 2 N–H and O–H groups in total. The SMILES string of the molecule is CCOC(=O)C1=C(C)NC2=C(C1)S(=O)(=O)CC(c1cccc(Cl)c1Cl)NC2. The van der Waals surface area contributed by atoms with Crippen molar-refractivity contribution in [3.8, 4) is 0 Å². The van der Waals surface area contributed by atoms with Crippen LogP contribution in [0.2, 0.25) is 10.0 Å². The predicted octanol–water partition coefficient (Wildman–Crippen LogP) is 3.09. The lowest BCUT2D eigenvalue weighted by molar-refractivity contribution is -0.138. The second-order valence-electron chi connectivity index (χ2n) is 6.39. The number of dihydropyridines is 1. The predicted molar refractivity (Wildman–Crippen MR) is 105 cm³/mol. The normalized spacial score (nSPS) is 22.0. The fourth-order valence-corrected chi connectivity index (χ4v) is 5.49. The smallest absolute Gasteiger partial charge is 0.336 e. The van der Waals surface area contributed by atoms with Gasteiger partial charge >= 0.3 is 5.97 Å². The summed E-state index contributed by atoms with van der Waals surface area (Å²) in [4.78, 5) is 12.4. The summed E-state index contributed by atoms with van der Waals surface area (Å²) in [7, 11) is -3.64. The minimum absolute atomic E-state index is 0.0208. The van der Waals surface area contributed by atoms with Crippen LogP contribution in [0, 0.1) is 0 Å². The second-order valence-corrected chi connectivity index (χ2v) is 9.23. The van der Waals surface area contributed by atoms with Crippen LogP contribution in [0.1, 0.15) is 31.9 Å². The number of esters is 1. The molecule has 2 heterocycles. The molecule has 1 unspecified atom stereocenters. The van der Waals surface area contributed by atoms with Crippen molar-refractivity contribution in [1.29, 1.82) is 0 Å². The maximum Gasteiger partial charge on any atom is 0.336 e. The molecular weight excluding hydrogens is 411 g/mol. The molecule has 0 spiro atoms. The highest BCUT2D eigenvalue weighted by molar-refractivity contribution is 7.95. The van der Waals surface area contributed by atoms with Crippen molar-refractivity contribution in [3.05, 3.63) is 55.7 Å². The summed E-state index contributed by atoms with van der Waals surface area (Å²) in [5, 5.41) is 6.99. The van der Waals surface area contributed by atoms with Gasteiger partial charge in [-0.25, -0.2) is 13.2 Å². The Labute approximate surface area is 168 Å². The van der Waals surface area contributed by atoms with E-state index in [9.17, 15) is 13.2 Å². The highest BCUT2D eigenvalue weighted by Gasteiger charge is 2.36. The van der Waals surface area contributed by atoms with Crippen molar-refractivity contribution in [2.45, 2.75) is 26.3 Å². The Morgan fingerprint density at radius 3 is 2.78 bits per heavy atom. The van der Waals surface area contributed by atoms with Gasteiger partial charge in [-0.15, -0.1) is 0 Å². The zero-order valence-electron chi connectivity index (χ0n) is 14.9. The molecule has 146 valence electrons. The summed E-state index contributed by atoms with van der Waals surface area (Å²) in [6, 6.07) is 4.63. The molecule has 1 aromatic carbocycles. The summed E-state index contributed by atoms with van der Waals surface area (Å²) in [5.74, 6) is -0.682. The monoisotopic (exact) mass is 430 g/mol. The summed E-state index contributed by atoms with van der Waals surface area (Å²) >= 11 is 12.4. The molecule has 6 nitrogen and oxygen atoms in total. The largest absolute Gasteiger partial charge is 0.463 e. The lowest BCUT2D eigenvalue weighted by Gasteiger charge is -2.23. The first-order chi connectivity index (χ1) is 12.7. The Balaban J connectivity index is 1.92. The number of allylic oxidation sites excluding steroid dienone is 2. The van der Waals surface area contributed by atoms with Crippen LogP contribution in [-0.2, 0) is 19.4 Å². The van der Waals surface area contributed by atoms with Gasteiger partial charge in [0, 0.05) is 30.4 Å². The number of halogens is 2. The van der Waals surface area contributed by atoms with Gasteiger partial charge in [0.15, 0.2) is 9.84 Å². The molecule has 0 aliphatic carbocycles. The zero-order chi connectivity index (χ0) is 19.8. The number of carbonyl (C=O) groups is 1. The molecule has 0 amide bonds.